The lowest BCUT2D eigenvalue weighted by Gasteiger charge is -2.46. The second-order valence-corrected chi connectivity index (χ2v) is 25.4. The highest BCUT2D eigenvalue weighted by Crippen LogP contribution is 2.49. The topological polar surface area (TPSA) is 13.1 Å². The van der Waals surface area contributed by atoms with Crippen LogP contribution in [0.25, 0.3) is 55.0 Å². The van der Waals surface area contributed by atoms with Crippen molar-refractivity contribution >= 4 is 136 Å². The first-order chi connectivity index (χ1) is 36.2. The molecule has 3 aliphatic rings. The number of hydrogen-bond acceptors (Lipinski definition) is 3. The Labute approximate surface area is 433 Å². The van der Waals surface area contributed by atoms with Crippen LogP contribution in [0.5, 0.6) is 0 Å². The van der Waals surface area contributed by atoms with Gasteiger partial charge in [-0.2, -0.15) is 0 Å². The Balaban J connectivity index is 1.05. The number of rotatable bonds is 5. The molecule has 0 N–H and O–H groups in total. The lowest BCUT2D eigenvalue weighted by molar-refractivity contribution is 1.16. The number of nitrogens with zero attached hydrogens (tertiary/aromatic N) is 3. The number of hydrogen-bond donors (Lipinski definition) is 0. The fourth-order valence-electron chi connectivity index (χ4n) is 13.0. The molecule has 2 aromatic heterocycles. The summed E-state index contributed by atoms with van der Waals surface area (Å²) in [5, 5.41) is 10.5. The Morgan fingerprint density at radius 1 is 0.329 bits per heavy atom. The number of fused-ring (bicyclic) bond motifs is 12. The quantitative estimate of drug-likeness (QED) is 0.160. The molecule has 0 spiro atoms. The minimum Gasteiger partial charge on any atom is -0.310 e. The molecule has 3 nitrogen and oxygen atoms in total. The van der Waals surface area contributed by atoms with E-state index in [9.17, 15) is 0 Å². The van der Waals surface area contributed by atoms with E-state index in [-0.39, 0.29) is 6.71 Å². The van der Waals surface area contributed by atoms with E-state index < -0.39 is 8.07 Å². The molecule has 0 bridgehead atoms. The predicted molar refractivity (Wildman–Crippen MR) is 313 cm³/mol. The molecule has 7 heteroatoms. The van der Waals surface area contributed by atoms with Crippen LogP contribution < -0.4 is 42.0 Å². The van der Waals surface area contributed by atoms with Crippen molar-refractivity contribution in [2.75, 3.05) is 4.90 Å². The van der Waals surface area contributed by atoms with Crippen molar-refractivity contribution in [1.82, 2.24) is 9.13 Å². The van der Waals surface area contributed by atoms with Crippen molar-refractivity contribution in [2.24, 2.45) is 0 Å². The molecule has 0 unspecified atom stereocenters. The van der Waals surface area contributed by atoms with Gasteiger partial charge < -0.3 is 14.0 Å². The van der Waals surface area contributed by atoms with Crippen LogP contribution in [-0.4, -0.2) is 23.9 Å². The Morgan fingerprint density at radius 2 is 0.726 bits per heavy atom. The summed E-state index contributed by atoms with van der Waals surface area (Å²) in [5.74, 6) is 0. The van der Waals surface area contributed by atoms with Crippen LogP contribution in [0, 0.1) is 0 Å². The summed E-state index contributed by atoms with van der Waals surface area (Å²) in [6.07, 6.45) is 0. The molecule has 5 heterocycles. The predicted octanol–water partition coefficient (Wildman–Crippen LogP) is 12.5. The highest BCUT2D eigenvalue weighted by Gasteiger charge is 2.50. The van der Waals surface area contributed by atoms with Crippen LogP contribution in [0.1, 0.15) is 0 Å². The normalized spacial score (nSPS) is 14.0. The summed E-state index contributed by atoms with van der Waals surface area (Å²) in [7, 11) is -3.25. The van der Waals surface area contributed by atoms with Crippen LogP contribution in [0.3, 0.4) is 0 Å². The standard InChI is InChI=1S/C66H42BN3S2Si/c1-3-19-45(20-4-1)73(46-21-5-2-6-22-46)63-41-43(68-53-29-13-7-23-47(53)48-24-8-14-30-54(48)68)35-37-57(63)70(58-38-36-44(42-64(58)73)69-55-31-15-9-25-49(55)50-26-10-16-32-56(50)69)59-39-40-62-65-66(59)72-61-34-18-12-28-52(61)67(65)51-27-11-17-33-60(51)71-62/h1-42H. The third kappa shape index (κ3) is 5.81. The van der Waals surface area contributed by atoms with Gasteiger partial charge in [0.2, 0.25) is 6.71 Å². The Bertz CT molecular complexity index is 4110. The molecule has 0 aliphatic carbocycles. The summed E-state index contributed by atoms with van der Waals surface area (Å²) >= 11 is 3.86. The number of aromatic nitrogens is 2. The molecule has 16 rings (SSSR count). The molecule has 0 saturated carbocycles. The molecular weight excluding hydrogens is 938 g/mol. The molecule has 0 saturated heterocycles. The van der Waals surface area contributed by atoms with Gasteiger partial charge >= 0.3 is 0 Å². The lowest BCUT2D eigenvalue weighted by atomic mass is 9.36. The minimum atomic E-state index is -3.25. The molecule has 340 valence electrons. The van der Waals surface area contributed by atoms with Gasteiger partial charge in [0.05, 0.1) is 27.8 Å². The number of benzene rings is 11. The average Bonchev–Trinajstić information content (AvgIpc) is 3.98. The first kappa shape index (κ1) is 41.4. The van der Waals surface area contributed by atoms with Gasteiger partial charge in [0, 0.05) is 63.9 Å². The van der Waals surface area contributed by atoms with Crippen LogP contribution in [0.2, 0.25) is 0 Å². The third-order valence-electron chi connectivity index (χ3n) is 15.9. The minimum absolute atomic E-state index is 0.126. The van der Waals surface area contributed by atoms with Crippen LogP contribution in [0.15, 0.2) is 274 Å². The monoisotopic (exact) mass is 979 g/mol. The van der Waals surface area contributed by atoms with Gasteiger partial charge in [-0.1, -0.05) is 204 Å². The lowest BCUT2D eigenvalue weighted by Crippen LogP contribution is -2.77. The van der Waals surface area contributed by atoms with E-state index in [1.807, 2.05) is 23.5 Å². The van der Waals surface area contributed by atoms with E-state index >= 15 is 0 Å². The van der Waals surface area contributed by atoms with Gasteiger partial charge in [-0.25, -0.2) is 0 Å². The Hall–Kier alpha value is -8.20. The summed E-state index contributed by atoms with van der Waals surface area (Å²) < 4.78 is 5.01. The van der Waals surface area contributed by atoms with Crippen molar-refractivity contribution in [3.8, 4) is 11.4 Å². The van der Waals surface area contributed by atoms with Gasteiger partial charge in [0.25, 0.3) is 0 Å². The average molecular weight is 980 g/mol. The first-order valence-corrected chi connectivity index (χ1v) is 28.8. The highest BCUT2D eigenvalue weighted by atomic mass is 32.2. The maximum absolute atomic E-state index is 3.25. The zero-order valence-electron chi connectivity index (χ0n) is 39.5. The van der Waals surface area contributed by atoms with Gasteiger partial charge in [0.1, 0.15) is 0 Å². The smallest absolute Gasteiger partial charge is 0.247 e. The molecule has 73 heavy (non-hydrogen) atoms. The summed E-state index contributed by atoms with van der Waals surface area (Å²) in [6, 6.07) is 96.6. The van der Waals surface area contributed by atoms with Gasteiger partial charge in [0.15, 0.2) is 8.07 Å². The van der Waals surface area contributed by atoms with E-state index in [0.29, 0.717) is 0 Å². The van der Waals surface area contributed by atoms with Gasteiger partial charge in [-0.3, -0.25) is 0 Å². The van der Waals surface area contributed by atoms with E-state index in [1.165, 1.54) is 117 Å². The molecule has 3 aliphatic heterocycles. The van der Waals surface area contributed by atoms with Crippen LogP contribution in [-0.2, 0) is 0 Å². The second-order valence-electron chi connectivity index (χ2n) is 19.5. The van der Waals surface area contributed by atoms with E-state index in [4.69, 9.17) is 0 Å². The van der Waals surface area contributed by atoms with E-state index in [0.717, 1.165) is 11.4 Å². The Kier molecular flexibility index (Phi) is 9.02. The molecular formula is C66H42BN3S2Si. The maximum Gasteiger partial charge on any atom is 0.247 e. The zero-order chi connectivity index (χ0) is 47.8. The SMILES string of the molecule is c1ccc([Si]2(c3ccccc3)c3cc(-n4c5ccccc5c5ccccc54)ccc3N(c3ccc4c5c3Sc3ccccc3B5c3ccccc3S4)c3ccc(-n4c5ccccc5c5ccccc54)cc32)cc1. The summed E-state index contributed by atoms with van der Waals surface area (Å²) in [4.78, 5) is 7.98. The third-order valence-corrected chi connectivity index (χ3v) is 23.1. The van der Waals surface area contributed by atoms with Crippen LogP contribution >= 0.6 is 23.5 Å². The number of para-hydroxylation sites is 4. The van der Waals surface area contributed by atoms with Crippen molar-refractivity contribution in [3.05, 3.63) is 255 Å². The number of anilines is 3. The highest BCUT2D eigenvalue weighted by molar-refractivity contribution is 8.01. The fraction of sp³-hybridized carbons (Fsp3) is 0. The first-order valence-electron chi connectivity index (χ1n) is 25.1. The fourth-order valence-corrected chi connectivity index (χ4v) is 20.6. The van der Waals surface area contributed by atoms with Gasteiger partial charge in [-0.15, -0.1) is 0 Å². The summed E-state index contributed by atoms with van der Waals surface area (Å²) in [5.41, 5.74) is 15.0. The largest absolute Gasteiger partial charge is 0.310 e. The molecule has 13 aromatic rings. The van der Waals surface area contributed by atoms with E-state index in [2.05, 4.69) is 269 Å². The van der Waals surface area contributed by atoms with Crippen molar-refractivity contribution in [1.29, 1.82) is 0 Å². The zero-order valence-corrected chi connectivity index (χ0v) is 42.1. The van der Waals surface area contributed by atoms with Gasteiger partial charge in [-0.05, 0) is 111 Å². The van der Waals surface area contributed by atoms with Crippen LogP contribution in [0.4, 0.5) is 17.1 Å². The summed E-state index contributed by atoms with van der Waals surface area (Å²) in [6.45, 7) is 0.126. The van der Waals surface area contributed by atoms with Crippen molar-refractivity contribution in [2.45, 2.75) is 19.6 Å². The molecule has 0 atom stereocenters. The maximum atomic E-state index is 2.66. The Morgan fingerprint density at radius 3 is 1.21 bits per heavy atom. The molecule has 0 radical (unpaired) electrons. The molecule has 11 aromatic carbocycles. The van der Waals surface area contributed by atoms with Crippen molar-refractivity contribution in [3.63, 3.8) is 0 Å². The molecule has 0 fully saturated rings. The second kappa shape index (κ2) is 15.9. The molecule has 0 amide bonds. The van der Waals surface area contributed by atoms with Crippen molar-refractivity contribution < 1.29 is 0 Å². The van der Waals surface area contributed by atoms with E-state index in [1.54, 1.807) is 0 Å².